The van der Waals surface area contributed by atoms with Crippen molar-refractivity contribution < 1.29 is 9.90 Å². The molecule has 0 spiro atoms. The Balaban J connectivity index is 2.67. The van der Waals surface area contributed by atoms with Crippen LogP contribution in [0.3, 0.4) is 0 Å². The SMILES string of the molecule is CC1(C)CCN(CO)C1=O. The number of carbonyl (C=O) groups excluding carboxylic acids is 1. The van der Waals surface area contributed by atoms with Crippen molar-refractivity contribution >= 4 is 5.91 Å². The van der Waals surface area contributed by atoms with E-state index in [1.54, 1.807) is 0 Å². The van der Waals surface area contributed by atoms with Crippen LogP contribution in [0, 0.1) is 5.41 Å². The Kier molecular flexibility index (Phi) is 1.68. The fourth-order valence-electron chi connectivity index (χ4n) is 1.19. The molecule has 1 aliphatic rings. The van der Waals surface area contributed by atoms with Crippen molar-refractivity contribution in [3.05, 3.63) is 0 Å². The molecule has 1 heterocycles. The second-order valence-corrected chi connectivity index (χ2v) is 3.34. The van der Waals surface area contributed by atoms with E-state index in [0.717, 1.165) is 6.42 Å². The molecular formula is C7H13NO2. The summed E-state index contributed by atoms with van der Waals surface area (Å²) < 4.78 is 0. The zero-order valence-corrected chi connectivity index (χ0v) is 6.42. The summed E-state index contributed by atoms with van der Waals surface area (Å²) in [6.45, 7) is 4.38. The van der Waals surface area contributed by atoms with Crippen molar-refractivity contribution in [2.45, 2.75) is 20.3 Å². The molecule has 1 aliphatic heterocycles. The lowest BCUT2D eigenvalue weighted by atomic mass is 9.92. The van der Waals surface area contributed by atoms with Gasteiger partial charge in [0.2, 0.25) is 5.91 Å². The number of hydrogen-bond acceptors (Lipinski definition) is 2. The van der Waals surface area contributed by atoms with E-state index in [-0.39, 0.29) is 18.1 Å². The third-order valence-corrected chi connectivity index (χ3v) is 2.04. The molecule has 3 heteroatoms. The number of nitrogens with zero attached hydrogens (tertiary/aromatic N) is 1. The summed E-state index contributed by atoms with van der Waals surface area (Å²) >= 11 is 0. The van der Waals surface area contributed by atoms with E-state index >= 15 is 0 Å². The highest BCUT2D eigenvalue weighted by Gasteiger charge is 2.37. The number of aliphatic hydroxyl groups excluding tert-OH is 1. The normalized spacial score (nSPS) is 23.9. The average molecular weight is 143 g/mol. The van der Waals surface area contributed by atoms with Crippen LogP contribution in [0.4, 0.5) is 0 Å². The number of rotatable bonds is 1. The van der Waals surface area contributed by atoms with Gasteiger partial charge in [-0.2, -0.15) is 0 Å². The van der Waals surface area contributed by atoms with Gasteiger partial charge in [0.25, 0.3) is 0 Å². The Morgan fingerprint density at radius 2 is 2.30 bits per heavy atom. The van der Waals surface area contributed by atoms with Gasteiger partial charge in [-0.3, -0.25) is 4.79 Å². The van der Waals surface area contributed by atoms with Gasteiger partial charge in [-0.15, -0.1) is 0 Å². The van der Waals surface area contributed by atoms with E-state index in [1.165, 1.54) is 4.90 Å². The fourth-order valence-corrected chi connectivity index (χ4v) is 1.19. The zero-order valence-electron chi connectivity index (χ0n) is 6.42. The predicted molar refractivity (Wildman–Crippen MR) is 37.2 cm³/mol. The Labute approximate surface area is 60.6 Å². The topological polar surface area (TPSA) is 40.5 Å². The van der Waals surface area contributed by atoms with E-state index in [9.17, 15) is 4.79 Å². The molecule has 0 unspecified atom stereocenters. The Morgan fingerprint density at radius 1 is 1.70 bits per heavy atom. The Morgan fingerprint density at radius 3 is 2.50 bits per heavy atom. The van der Waals surface area contributed by atoms with Gasteiger partial charge in [0.15, 0.2) is 0 Å². The van der Waals surface area contributed by atoms with Crippen LogP contribution in [0.25, 0.3) is 0 Å². The van der Waals surface area contributed by atoms with Crippen LogP contribution in [-0.2, 0) is 4.79 Å². The van der Waals surface area contributed by atoms with E-state index < -0.39 is 0 Å². The van der Waals surface area contributed by atoms with Gasteiger partial charge < -0.3 is 10.0 Å². The van der Waals surface area contributed by atoms with Crippen molar-refractivity contribution in [1.29, 1.82) is 0 Å². The maximum atomic E-state index is 11.2. The molecular weight excluding hydrogens is 130 g/mol. The summed E-state index contributed by atoms with van der Waals surface area (Å²) in [4.78, 5) is 12.7. The van der Waals surface area contributed by atoms with Crippen LogP contribution >= 0.6 is 0 Å². The van der Waals surface area contributed by atoms with Gasteiger partial charge in [0.1, 0.15) is 6.73 Å². The lowest BCUT2D eigenvalue weighted by Gasteiger charge is -2.16. The van der Waals surface area contributed by atoms with Gasteiger partial charge in [-0.1, -0.05) is 13.8 Å². The van der Waals surface area contributed by atoms with Crippen LogP contribution in [0.1, 0.15) is 20.3 Å². The summed E-state index contributed by atoms with van der Waals surface area (Å²) in [6.07, 6.45) is 0.854. The maximum absolute atomic E-state index is 11.2. The van der Waals surface area contributed by atoms with Gasteiger partial charge in [0.05, 0.1) is 0 Å². The third kappa shape index (κ3) is 1.01. The molecule has 0 atom stereocenters. The second kappa shape index (κ2) is 2.23. The molecule has 1 saturated heterocycles. The summed E-state index contributed by atoms with van der Waals surface area (Å²) in [7, 11) is 0. The lowest BCUT2D eigenvalue weighted by molar-refractivity contribution is -0.137. The standard InChI is InChI=1S/C7H13NO2/c1-7(2)3-4-8(5-9)6(7)10/h9H,3-5H2,1-2H3. The molecule has 1 N–H and O–H groups in total. The molecule has 1 fully saturated rings. The number of amides is 1. The average Bonchev–Trinajstić information content (AvgIpc) is 2.10. The third-order valence-electron chi connectivity index (χ3n) is 2.04. The molecule has 3 nitrogen and oxygen atoms in total. The van der Waals surface area contributed by atoms with Crippen LogP contribution in [0.2, 0.25) is 0 Å². The molecule has 0 saturated carbocycles. The number of likely N-dealkylation sites (tertiary alicyclic amines) is 1. The molecule has 0 aromatic rings. The number of aliphatic hydroxyl groups is 1. The van der Waals surface area contributed by atoms with Gasteiger partial charge >= 0.3 is 0 Å². The van der Waals surface area contributed by atoms with Crippen molar-refractivity contribution in [3.63, 3.8) is 0 Å². The van der Waals surface area contributed by atoms with Crippen molar-refractivity contribution in [2.75, 3.05) is 13.3 Å². The Hall–Kier alpha value is -0.570. The van der Waals surface area contributed by atoms with Crippen LogP contribution in [0.15, 0.2) is 0 Å². The first-order valence-corrected chi connectivity index (χ1v) is 3.48. The molecule has 0 aromatic heterocycles. The van der Waals surface area contributed by atoms with Gasteiger partial charge in [-0.05, 0) is 6.42 Å². The minimum absolute atomic E-state index is 0.0648. The summed E-state index contributed by atoms with van der Waals surface area (Å²) in [6, 6.07) is 0. The van der Waals surface area contributed by atoms with Crippen molar-refractivity contribution in [2.24, 2.45) is 5.41 Å². The highest BCUT2D eigenvalue weighted by Crippen LogP contribution is 2.29. The summed E-state index contributed by atoms with van der Waals surface area (Å²) in [5.41, 5.74) is -0.247. The van der Waals surface area contributed by atoms with Gasteiger partial charge in [-0.25, -0.2) is 0 Å². The molecule has 0 aliphatic carbocycles. The molecule has 0 radical (unpaired) electrons. The van der Waals surface area contributed by atoms with Crippen molar-refractivity contribution in [1.82, 2.24) is 4.90 Å². The predicted octanol–water partition coefficient (Wildman–Crippen LogP) is 0.195. The number of hydrogen-bond donors (Lipinski definition) is 1. The first-order valence-electron chi connectivity index (χ1n) is 3.48. The van der Waals surface area contributed by atoms with E-state index in [0.29, 0.717) is 6.54 Å². The largest absolute Gasteiger partial charge is 0.376 e. The number of carbonyl (C=O) groups is 1. The van der Waals surface area contributed by atoms with Crippen LogP contribution < -0.4 is 0 Å². The molecule has 58 valence electrons. The van der Waals surface area contributed by atoms with E-state index in [2.05, 4.69) is 0 Å². The highest BCUT2D eigenvalue weighted by atomic mass is 16.3. The second-order valence-electron chi connectivity index (χ2n) is 3.34. The van der Waals surface area contributed by atoms with E-state index in [1.807, 2.05) is 13.8 Å². The van der Waals surface area contributed by atoms with Crippen LogP contribution in [0.5, 0.6) is 0 Å². The van der Waals surface area contributed by atoms with Crippen molar-refractivity contribution in [3.8, 4) is 0 Å². The maximum Gasteiger partial charge on any atom is 0.230 e. The highest BCUT2D eigenvalue weighted by molar-refractivity contribution is 5.83. The van der Waals surface area contributed by atoms with Crippen LogP contribution in [-0.4, -0.2) is 29.2 Å². The molecule has 1 amide bonds. The van der Waals surface area contributed by atoms with Gasteiger partial charge in [0, 0.05) is 12.0 Å². The quantitative estimate of drug-likeness (QED) is 0.569. The summed E-state index contributed by atoms with van der Waals surface area (Å²) in [5, 5.41) is 8.67. The smallest absolute Gasteiger partial charge is 0.230 e. The molecule has 1 rings (SSSR count). The summed E-state index contributed by atoms with van der Waals surface area (Å²) in [5.74, 6) is 0.0648. The Bertz CT molecular complexity index is 154. The van der Waals surface area contributed by atoms with E-state index in [4.69, 9.17) is 5.11 Å². The molecule has 10 heavy (non-hydrogen) atoms. The molecule has 0 bridgehead atoms. The zero-order chi connectivity index (χ0) is 7.78. The minimum atomic E-state index is -0.247. The first-order chi connectivity index (χ1) is 4.58. The fraction of sp³-hybridized carbons (Fsp3) is 0.857. The first kappa shape index (κ1) is 7.54. The monoisotopic (exact) mass is 143 g/mol. The lowest BCUT2D eigenvalue weighted by Crippen LogP contribution is -2.31. The minimum Gasteiger partial charge on any atom is -0.376 e. The molecule has 0 aromatic carbocycles.